The van der Waals surface area contributed by atoms with E-state index in [2.05, 4.69) is 17.6 Å². The van der Waals surface area contributed by atoms with Gasteiger partial charge in [0.2, 0.25) is 5.91 Å². The summed E-state index contributed by atoms with van der Waals surface area (Å²) < 4.78 is 5.54. The van der Waals surface area contributed by atoms with E-state index in [0.717, 1.165) is 32.4 Å². The van der Waals surface area contributed by atoms with Gasteiger partial charge in [0.05, 0.1) is 12.1 Å². The molecule has 0 aromatic heterocycles. The van der Waals surface area contributed by atoms with Gasteiger partial charge in [0.1, 0.15) is 0 Å². The topological polar surface area (TPSA) is 50.4 Å². The number of hydrogen-bond acceptors (Lipinski definition) is 3. The van der Waals surface area contributed by atoms with E-state index < -0.39 is 0 Å². The van der Waals surface area contributed by atoms with Gasteiger partial charge in [-0.2, -0.15) is 0 Å². The summed E-state index contributed by atoms with van der Waals surface area (Å²) in [6, 6.07) is 0.135. The number of carbonyl (C=O) groups excluding carboxylic acids is 1. The van der Waals surface area contributed by atoms with E-state index in [-0.39, 0.29) is 18.0 Å². The highest BCUT2D eigenvalue weighted by Gasteiger charge is 2.17. The first kappa shape index (κ1) is 14.5. The molecular formula is C13H26N2O2. The van der Waals surface area contributed by atoms with Crippen molar-refractivity contribution in [2.75, 3.05) is 13.2 Å². The molecule has 1 fully saturated rings. The first-order chi connectivity index (χ1) is 8.13. The van der Waals surface area contributed by atoms with Crippen LogP contribution in [0.2, 0.25) is 0 Å². The first-order valence-electron chi connectivity index (χ1n) is 6.78. The van der Waals surface area contributed by atoms with Gasteiger partial charge in [-0.15, -0.1) is 0 Å². The van der Waals surface area contributed by atoms with Crippen molar-refractivity contribution >= 4 is 5.91 Å². The second-order valence-corrected chi connectivity index (χ2v) is 4.92. The number of amides is 1. The third-order valence-electron chi connectivity index (χ3n) is 3.34. The minimum absolute atomic E-state index is 0.0895. The normalized spacial score (nSPS) is 23.4. The number of nitrogens with one attached hydrogen (secondary N) is 2. The Labute approximate surface area is 104 Å². The molecule has 17 heavy (non-hydrogen) atoms. The molecule has 0 bridgehead atoms. The maximum Gasteiger partial charge on any atom is 0.237 e. The quantitative estimate of drug-likeness (QED) is 0.710. The molecule has 3 unspecified atom stereocenters. The van der Waals surface area contributed by atoms with Gasteiger partial charge in [0.15, 0.2) is 0 Å². The summed E-state index contributed by atoms with van der Waals surface area (Å²) in [6.07, 6.45) is 4.70. The second kappa shape index (κ2) is 7.67. The smallest absolute Gasteiger partial charge is 0.237 e. The van der Waals surface area contributed by atoms with Gasteiger partial charge in [-0.3, -0.25) is 4.79 Å². The Morgan fingerprint density at radius 2 is 2.24 bits per heavy atom. The van der Waals surface area contributed by atoms with Crippen molar-refractivity contribution in [3.05, 3.63) is 0 Å². The first-order valence-corrected chi connectivity index (χ1v) is 6.78. The van der Waals surface area contributed by atoms with Crippen molar-refractivity contribution in [2.45, 2.75) is 64.6 Å². The van der Waals surface area contributed by atoms with E-state index in [1.807, 2.05) is 13.8 Å². The number of ether oxygens (including phenoxy) is 1. The third-order valence-corrected chi connectivity index (χ3v) is 3.34. The average molecular weight is 242 g/mol. The summed E-state index contributed by atoms with van der Waals surface area (Å²) in [5.74, 6) is 0.0895. The molecule has 2 N–H and O–H groups in total. The summed E-state index contributed by atoms with van der Waals surface area (Å²) in [4.78, 5) is 11.7. The molecule has 0 radical (unpaired) electrons. The highest BCUT2D eigenvalue weighted by molar-refractivity contribution is 5.81. The Balaban J connectivity index is 2.10. The molecule has 0 aromatic rings. The zero-order valence-corrected chi connectivity index (χ0v) is 11.3. The molecule has 1 amide bonds. The summed E-state index contributed by atoms with van der Waals surface area (Å²) in [5.41, 5.74) is 0. The summed E-state index contributed by atoms with van der Waals surface area (Å²) in [7, 11) is 0. The lowest BCUT2D eigenvalue weighted by molar-refractivity contribution is -0.123. The van der Waals surface area contributed by atoms with E-state index in [4.69, 9.17) is 4.74 Å². The Hall–Kier alpha value is -0.610. The Morgan fingerprint density at radius 1 is 1.47 bits per heavy atom. The third kappa shape index (κ3) is 5.50. The molecule has 4 nitrogen and oxygen atoms in total. The van der Waals surface area contributed by atoms with Crippen molar-refractivity contribution in [1.82, 2.24) is 10.6 Å². The predicted octanol–water partition coefficient (Wildman–Crippen LogP) is 1.45. The van der Waals surface area contributed by atoms with E-state index in [0.29, 0.717) is 6.10 Å². The Kier molecular flexibility index (Phi) is 6.52. The molecule has 1 rings (SSSR count). The van der Waals surface area contributed by atoms with E-state index in [9.17, 15) is 4.79 Å². The maximum atomic E-state index is 11.7. The minimum Gasteiger partial charge on any atom is -0.378 e. The largest absolute Gasteiger partial charge is 0.378 e. The van der Waals surface area contributed by atoms with Crippen LogP contribution in [0.15, 0.2) is 0 Å². The van der Waals surface area contributed by atoms with Crippen LogP contribution in [0.3, 0.4) is 0 Å². The highest BCUT2D eigenvalue weighted by atomic mass is 16.5. The molecule has 4 heteroatoms. The van der Waals surface area contributed by atoms with Crippen LogP contribution in [0.4, 0.5) is 0 Å². The van der Waals surface area contributed by atoms with Crippen LogP contribution in [0.25, 0.3) is 0 Å². The lowest BCUT2D eigenvalue weighted by Gasteiger charge is -2.18. The van der Waals surface area contributed by atoms with Crippen LogP contribution in [0.1, 0.15) is 46.5 Å². The summed E-state index contributed by atoms with van der Waals surface area (Å²) >= 11 is 0. The van der Waals surface area contributed by atoms with Crippen molar-refractivity contribution in [1.29, 1.82) is 0 Å². The molecule has 0 aromatic carbocycles. The monoisotopic (exact) mass is 242 g/mol. The molecule has 100 valence electrons. The fourth-order valence-corrected chi connectivity index (χ4v) is 1.90. The average Bonchev–Trinajstić information content (AvgIpc) is 2.81. The van der Waals surface area contributed by atoms with Crippen molar-refractivity contribution in [3.63, 3.8) is 0 Å². The van der Waals surface area contributed by atoms with Crippen LogP contribution in [0.5, 0.6) is 0 Å². The van der Waals surface area contributed by atoms with Crippen LogP contribution < -0.4 is 10.6 Å². The molecule has 1 saturated heterocycles. The van der Waals surface area contributed by atoms with Gasteiger partial charge in [-0.1, -0.05) is 6.92 Å². The molecule has 3 atom stereocenters. The lowest BCUT2D eigenvalue weighted by atomic mass is 10.1. The zero-order valence-electron chi connectivity index (χ0n) is 11.3. The molecule has 1 aliphatic heterocycles. The molecule has 0 aliphatic carbocycles. The lowest BCUT2D eigenvalue weighted by Crippen LogP contribution is -2.45. The van der Waals surface area contributed by atoms with Crippen LogP contribution >= 0.6 is 0 Å². The van der Waals surface area contributed by atoms with Gasteiger partial charge in [0, 0.05) is 12.6 Å². The SMILES string of the molecule is CCC(C)NC(=O)C(C)NCCC1CCCO1. The standard InChI is InChI=1S/C13H26N2O2/c1-4-10(2)15-13(16)11(3)14-8-7-12-6-5-9-17-12/h10-12,14H,4-9H2,1-3H3,(H,15,16). The van der Waals surface area contributed by atoms with E-state index in [1.165, 1.54) is 6.42 Å². The minimum atomic E-state index is -0.120. The van der Waals surface area contributed by atoms with Gasteiger partial charge in [0.25, 0.3) is 0 Å². The summed E-state index contributed by atoms with van der Waals surface area (Å²) in [5, 5.41) is 6.22. The summed E-state index contributed by atoms with van der Waals surface area (Å²) in [6.45, 7) is 7.75. The van der Waals surface area contributed by atoms with Gasteiger partial charge < -0.3 is 15.4 Å². The molecule has 0 saturated carbocycles. The zero-order chi connectivity index (χ0) is 12.7. The van der Waals surface area contributed by atoms with Gasteiger partial charge in [-0.25, -0.2) is 0 Å². The van der Waals surface area contributed by atoms with Gasteiger partial charge >= 0.3 is 0 Å². The van der Waals surface area contributed by atoms with E-state index in [1.54, 1.807) is 0 Å². The maximum absolute atomic E-state index is 11.7. The van der Waals surface area contributed by atoms with Crippen LogP contribution in [0, 0.1) is 0 Å². The predicted molar refractivity (Wildman–Crippen MR) is 69.0 cm³/mol. The second-order valence-electron chi connectivity index (χ2n) is 4.92. The molecular weight excluding hydrogens is 216 g/mol. The fraction of sp³-hybridized carbons (Fsp3) is 0.923. The number of carbonyl (C=O) groups is 1. The fourth-order valence-electron chi connectivity index (χ4n) is 1.90. The highest BCUT2D eigenvalue weighted by Crippen LogP contribution is 2.14. The Bertz CT molecular complexity index is 227. The van der Waals surface area contributed by atoms with Crippen molar-refractivity contribution in [2.24, 2.45) is 0 Å². The molecule has 1 heterocycles. The molecule has 0 spiro atoms. The van der Waals surface area contributed by atoms with E-state index >= 15 is 0 Å². The van der Waals surface area contributed by atoms with Crippen molar-refractivity contribution in [3.8, 4) is 0 Å². The Morgan fingerprint density at radius 3 is 2.82 bits per heavy atom. The van der Waals surface area contributed by atoms with Gasteiger partial charge in [-0.05, 0) is 46.1 Å². The van der Waals surface area contributed by atoms with Crippen molar-refractivity contribution < 1.29 is 9.53 Å². The number of rotatable bonds is 7. The van der Waals surface area contributed by atoms with Crippen LogP contribution in [-0.4, -0.2) is 37.2 Å². The van der Waals surface area contributed by atoms with Crippen LogP contribution in [-0.2, 0) is 9.53 Å². The molecule has 1 aliphatic rings. The number of hydrogen-bond donors (Lipinski definition) is 2.